The van der Waals surface area contributed by atoms with Crippen LogP contribution in [0.5, 0.6) is 0 Å². The summed E-state index contributed by atoms with van der Waals surface area (Å²) in [5.41, 5.74) is 1.78. The predicted octanol–water partition coefficient (Wildman–Crippen LogP) is 2.84. The van der Waals surface area contributed by atoms with Crippen molar-refractivity contribution in [3.8, 4) is 5.69 Å². The number of ether oxygens (including phenoxy) is 2. The molecule has 1 saturated heterocycles. The highest BCUT2D eigenvalue weighted by atomic mass is 35.5. The van der Waals surface area contributed by atoms with Crippen LogP contribution in [0.15, 0.2) is 42.7 Å². The number of hydrogen-bond acceptors (Lipinski definition) is 6. The average molecular weight is 387 g/mol. The molecule has 0 spiro atoms. The molecule has 2 aromatic heterocycles. The summed E-state index contributed by atoms with van der Waals surface area (Å²) in [5.74, 6) is 0.540. The molecule has 0 N–H and O–H groups in total. The minimum Gasteiger partial charge on any atom is -0.469 e. The lowest BCUT2D eigenvalue weighted by molar-refractivity contribution is -0.141. The molecule has 27 heavy (non-hydrogen) atoms. The predicted molar refractivity (Wildman–Crippen MR) is 102 cm³/mol. The number of carbonyl (C=O) groups is 1. The Morgan fingerprint density at radius 2 is 2.15 bits per heavy atom. The Bertz CT molecular complexity index is 957. The molecule has 0 bridgehead atoms. The van der Waals surface area contributed by atoms with Crippen LogP contribution >= 0.6 is 11.6 Å². The SMILES string of the molecule is COC(=O)C[C@H]1COCCN1c1nn(-c2ccc(Cl)cc2)c2cnccc12. The van der Waals surface area contributed by atoms with E-state index in [0.717, 1.165) is 22.4 Å². The lowest BCUT2D eigenvalue weighted by atomic mass is 10.1. The van der Waals surface area contributed by atoms with Crippen molar-refractivity contribution in [3.05, 3.63) is 47.7 Å². The van der Waals surface area contributed by atoms with Gasteiger partial charge in [0, 0.05) is 23.2 Å². The van der Waals surface area contributed by atoms with Gasteiger partial charge in [0.2, 0.25) is 0 Å². The number of methoxy groups -OCH3 is 1. The number of nitrogens with zero attached hydrogens (tertiary/aromatic N) is 4. The van der Waals surface area contributed by atoms with E-state index in [4.69, 9.17) is 26.2 Å². The first-order valence-corrected chi connectivity index (χ1v) is 9.05. The maximum Gasteiger partial charge on any atom is 0.307 e. The molecular weight excluding hydrogens is 368 g/mol. The Morgan fingerprint density at radius 3 is 2.93 bits per heavy atom. The van der Waals surface area contributed by atoms with Crippen LogP contribution in [0.3, 0.4) is 0 Å². The highest BCUT2D eigenvalue weighted by Gasteiger charge is 2.29. The number of fused-ring (bicyclic) bond motifs is 1. The fourth-order valence-electron chi connectivity index (χ4n) is 3.32. The van der Waals surface area contributed by atoms with Gasteiger partial charge in [-0.25, -0.2) is 4.68 Å². The lowest BCUT2D eigenvalue weighted by Gasteiger charge is -2.35. The molecule has 0 aliphatic carbocycles. The second-order valence-electron chi connectivity index (χ2n) is 6.31. The topological polar surface area (TPSA) is 69.5 Å². The maximum absolute atomic E-state index is 11.8. The summed E-state index contributed by atoms with van der Waals surface area (Å²) in [6.45, 7) is 1.68. The third kappa shape index (κ3) is 3.48. The van der Waals surface area contributed by atoms with Crippen molar-refractivity contribution < 1.29 is 14.3 Å². The number of hydrogen-bond donors (Lipinski definition) is 0. The van der Waals surface area contributed by atoms with Gasteiger partial charge >= 0.3 is 5.97 Å². The molecule has 140 valence electrons. The van der Waals surface area contributed by atoms with E-state index in [1.165, 1.54) is 7.11 Å². The Morgan fingerprint density at radius 1 is 1.33 bits per heavy atom. The number of benzene rings is 1. The molecule has 1 aromatic carbocycles. The fraction of sp³-hybridized carbons (Fsp3) is 0.316. The van der Waals surface area contributed by atoms with Crippen molar-refractivity contribution in [3.63, 3.8) is 0 Å². The molecule has 1 fully saturated rings. The number of halogens is 1. The molecule has 0 amide bonds. The molecule has 1 atom stereocenters. The number of rotatable bonds is 4. The van der Waals surface area contributed by atoms with E-state index in [2.05, 4.69) is 9.88 Å². The van der Waals surface area contributed by atoms with Gasteiger partial charge in [0.25, 0.3) is 0 Å². The first-order valence-electron chi connectivity index (χ1n) is 8.67. The summed E-state index contributed by atoms with van der Waals surface area (Å²) in [6, 6.07) is 9.29. The van der Waals surface area contributed by atoms with Gasteiger partial charge in [-0.1, -0.05) is 11.6 Å². The molecular formula is C19H19ClN4O3. The van der Waals surface area contributed by atoms with Crippen LogP contribution in [-0.4, -0.2) is 53.6 Å². The Hall–Kier alpha value is -2.64. The zero-order valence-electron chi connectivity index (χ0n) is 14.8. The first-order chi connectivity index (χ1) is 13.2. The minimum absolute atomic E-state index is 0.129. The van der Waals surface area contributed by atoms with Crippen molar-refractivity contribution in [2.75, 3.05) is 31.8 Å². The standard InChI is InChI=1S/C19H19ClN4O3/c1-26-18(25)10-15-12-27-9-8-23(15)19-16-6-7-21-11-17(16)24(22-19)14-4-2-13(20)3-5-14/h2-7,11,15H,8-10,12H2,1H3/t15-/m0/s1. The summed E-state index contributed by atoms with van der Waals surface area (Å²) < 4.78 is 12.3. The van der Waals surface area contributed by atoms with Crippen LogP contribution in [0.1, 0.15) is 6.42 Å². The third-order valence-electron chi connectivity index (χ3n) is 4.66. The fourth-order valence-corrected chi connectivity index (χ4v) is 3.44. The molecule has 0 saturated carbocycles. The number of morpholine rings is 1. The van der Waals surface area contributed by atoms with Crippen LogP contribution in [0.4, 0.5) is 5.82 Å². The Labute approximate surface area is 161 Å². The summed E-state index contributed by atoms with van der Waals surface area (Å²) in [5, 5.41) is 6.48. The maximum atomic E-state index is 11.8. The van der Waals surface area contributed by atoms with E-state index in [-0.39, 0.29) is 18.4 Å². The molecule has 4 rings (SSSR count). The largest absolute Gasteiger partial charge is 0.469 e. The van der Waals surface area contributed by atoms with Crippen molar-refractivity contribution >= 4 is 34.3 Å². The molecule has 0 unspecified atom stereocenters. The average Bonchev–Trinajstić information content (AvgIpc) is 3.08. The summed E-state index contributed by atoms with van der Waals surface area (Å²) in [4.78, 5) is 18.2. The van der Waals surface area contributed by atoms with Gasteiger partial charge in [-0.2, -0.15) is 0 Å². The van der Waals surface area contributed by atoms with Gasteiger partial charge in [0.05, 0.1) is 50.2 Å². The third-order valence-corrected chi connectivity index (χ3v) is 4.92. The van der Waals surface area contributed by atoms with E-state index in [9.17, 15) is 4.79 Å². The summed E-state index contributed by atoms with van der Waals surface area (Å²) in [6.07, 6.45) is 3.78. The normalized spacial score (nSPS) is 17.3. The highest BCUT2D eigenvalue weighted by Crippen LogP contribution is 2.31. The molecule has 3 aromatic rings. The zero-order valence-corrected chi connectivity index (χ0v) is 15.6. The van der Waals surface area contributed by atoms with Crippen molar-refractivity contribution in [2.24, 2.45) is 0 Å². The van der Waals surface area contributed by atoms with Crippen LogP contribution in [-0.2, 0) is 14.3 Å². The van der Waals surface area contributed by atoms with Crippen LogP contribution in [0.25, 0.3) is 16.6 Å². The van der Waals surface area contributed by atoms with E-state index in [0.29, 0.717) is 24.8 Å². The highest BCUT2D eigenvalue weighted by molar-refractivity contribution is 6.30. The zero-order chi connectivity index (χ0) is 18.8. The van der Waals surface area contributed by atoms with Gasteiger partial charge < -0.3 is 14.4 Å². The van der Waals surface area contributed by atoms with Crippen LogP contribution < -0.4 is 4.90 Å². The molecule has 8 heteroatoms. The second-order valence-corrected chi connectivity index (χ2v) is 6.74. The van der Waals surface area contributed by atoms with Gasteiger partial charge in [0.15, 0.2) is 5.82 Å². The van der Waals surface area contributed by atoms with Gasteiger partial charge in [0.1, 0.15) is 0 Å². The molecule has 3 heterocycles. The number of pyridine rings is 1. The number of anilines is 1. The number of esters is 1. The summed E-state index contributed by atoms with van der Waals surface area (Å²) >= 11 is 6.02. The van der Waals surface area contributed by atoms with Crippen molar-refractivity contribution in [1.29, 1.82) is 0 Å². The van der Waals surface area contributed by atoms with Gasteiger partial charge in [-0.3, -0.25) is 9.78 Å². The van der Waals surface area contributed by atoms with Gasteiger partial charge in [-0.15, -0.1) is 5.10 Å². The minimum atomic E-state index is -0.265. The van der Waals surface area contributed by atoms with Crippen molar-refractivity contribution in [2.45, 2.75) is 12.5 Å². The van der Waals surface area contributed by atoms with E-state index in [1.54, 1.807) is 12.4 Å². The van der Waals surface area contributed by atoms with E-state index >= 15 is 0 Å². The molecule has 7 nitrogen and oxygen atoms in total. The smallest absolute Gasteiger partial charge is 0.307 e. The first kappa shape index (κ1) is 17.8. The quantitative estimate of drug-likeness (QED) is 0.642. The van der Waals surface area contributed by atoms with Gasteiger partial charge in [-0.05, 0) is 30.3 Å². The van der Waals surface area contributed by atoms with E-state index in [1.807, 2.05) is 35.0 Å². The molecule has 1 aliphatic heterocycles. The van der Waals surface area contributed by atoms with Crippen LogP contribution in [0, 0.1) is 0 Å². The number of aromatic nitrogens is 3. The van der Waals surface area contributed by atoms with Crippen LogP contribution in [0.2, 0.25) is 5.02 Å². The second kappa shape index (κ2) is 7.54. The monoisotopic (exact) mass is 386 g/mol. The molecule has 0 radical (unpaired) electrons. The van der Waals surface area contributed by atoms with E-state index < -0.39 is 0 Å². The number of carbonyl (C=O) groups excluding carboxylic acids is 1. The molecule has 1 aliphatic rings. The Balaban J connectivity index is 1.79. The Kier molecular flexibility index (Phi) is 4.96. The summed E-state index contributed by atoms with van der Waals surface area (Å²) in [7, 11) is 1.40. The lowest BCUT2D eigenvalue weighted by Crippen LogP contribution is -2.47. The van der Waals surface area contributed by atoms with Crippen molar-refractivity contribution in [1.82, 2.24) is 14.8 Å².